The number of anilines is 1. The van der Waals surface area contributed by atoms with Crippen molar-refractivity contribution < 1.29 is 42.3 Å². The normalized spacial score (nSPS) is 14.2. The van der Waals surface area contributed by atoms with Crippen LogP contribution in [0.2, 0.25) is 5.02 Å². The molecule has 2 aromatic carbocycles. The van der Waals surface area contributed by atoms with E-state index in [0.717, 1.165) is 6.42 Å². The SMILES string of the molecule is NCC(=O)Nc1cc2nc(-c3ccc(C#Cc4ccc(C(=O)N5CCCCC5C(=O)O)cc4Cl)cc3)cc(C(=O)NNC(=O)C(F)(F)F)c2cn1. The number of nitrogens with one attached hydrogen (secondary N) is 3. The second-order valence-electron chi connectivity index (χ2n) is 11.2. The molecule has 0 saturated carbocycles. The molecule has 4 aromatic rings. The Morgan fingerprint density at radius 3 is 2.41 bits per heavy atom. The van der Waals surface area contributed by atoms with Gasteiger partial charge in [-0.25, -0.2) is 14.8 Å². The standard InChI is InChI=1S/C34H27ClF3N7O6/c35-24-13-21(31(48)45-12-2-1-3-27(45)32(49)50)11-10-19(24)7-4-18-5-8-20(9-6-18)25-14-22(30(47)43-44-33(51)34(36,37)38)23-17-40-28(15-26(23)41-25)42-29(46)16-39/h5-6,8-11,13-15,17,27H,1-3,12,16,39H2,(H,43,47)(H,44,51)(H,49,50)(H,40,42,46). The minimum absolute atomic E-state index is 0.0527. The number of carboxylic acid groups (broad SMARTS) is 1. The molecule has 2 aromatic heterocycles. The lowest BCUT2D eigenvalue weighted by molar-refractivity contribution is -0.174. The third kappa shape index (κ3) is 8.58. The molecule has 0 bridgehead atoms. The van der Waals surface area contributed by atoms with Crippen LogP contribution in [0.3, 0.4) is 0 Å². The number of aliphatic carboxylic acids is 1. The van der Waals surface area contributed by atoms with E-state index in [4.69, 9.17) is 17.3 Å². The van der Waals surface area contributed by atoms with Crippen LogP contribution in [0.5, 0.6) is 0 Å². The van der Waals surface area contributed by atoms with E-state index in [1.807, 2.05) is 0 Å². The van der Waals surface area contributed by atoms with Gasteiger partial charge in [0.2, 0.25) is 5.91 Å². The summed E-state index contributed by atoms with van der Waals surface area (Å²) in [7, 11) is 0. The zero-order valence-electron chi connectivity index (χ0n) is 26.3. The second-order valence-corrected chi connectivity index (χ2v) is 11.6. The van der Waals surface area contributed by atoms with Gasteiger partial charge < -0.3 is 21.1 Å². The number of likely N-dealkylation sites (tertiary alicyclic amines) is 1. The maximum atomic E-state index is 13.1. The zero-order chi connectivity index (χ0) is 36.9. The third-order valence-corrected chi connectivity index (χ3v) is 8.04. The molecule has 1 aliphatic heterocycles. The molecule has 17 heteroatoms. The zero-order valence-corrected chi connectivity index (χ0v) is 27.1. The Hall–Kier alpha value is -6.05. The number of nitrogens with zero attached hydrogens (tertiary/aromatic N) is 3. The van der Waals surface area contributed by atoms with Gasteiger partial charge >= 0.3 is 18.1 Å². The van der Waals surface area contributed by atoms with Crippen molar-refractivity contribution in [3.05, 3.63) is 88.1 Å². The van der Waals surface area contributed by atoms with Gasteiger partial charge in [-0.3, -0.25) is 30.0 Å². The summed E-state index contributed by atoms with van der Waals surface area (Å²) in [5.74, 6) is 0.435. The number of benzene rings is 2. The molecule has 0 radical (unpaired) electrons. The number of carbonyl (C=O) groups excluding carboxylic acids is 4. The highest BCUT2D eigenvalue weighted by atomic mass is 35.5. The van der Waals surface area contributed by atoms with Crippen molar-refractivity contribution in [1.82, 2.24) is 25.7 Å². The predicted octanol–water partition coefficient (Wildman–Crippen LogP) is 3.65. The summed E-state index contributed by atoms with van der Waals surface area (Å²) < 4.78 is 38.1. The van der Waals surface area contributed by atoms with Crippen molar-refractivity contribution in [1.29, 1.82) is 0 Å². The van der Waals surface area contributed by atoms with Crippen LogP contribution in [0.25, 0.3) is 22.2 Å². The van der Waals surface area contributed by atoms with E-state index in [0.29, 0.717) is 36.1 Å². The number of fused-ring (bicyclic) bond motifs is 1. The molecule has 3 heterocycles. The molecule has 1 atom stereocenters. The van der Waals surface area contributed by atoms with E-state index in [1.54, 1.807) is 35.8 Å². The summed E-state index contributed by atoms with van der Waals surface area (Å²) in [5.41, 5.74) is 10.2. The number of pyridine rings is 2. The molecule has 0 aliphatic carbocycles. The van der Waals surface area contributed by atoms with Crippen LogP contribution in [0.15, 0.2) is 60.8 Å². The van der Waals surface area contributed by atoms with Gasteiger partial charge in [-0.15, -0.1) is 0 Å². The summed E-state index contributed by atoms with van der Waals surface area (Å²) in [4.78, 5) is 70.6. The number of halogens is 4. The fourth-order valence-corrected chi connectivity index (χ4v) is 5.41. The molecular weight excluding hydrogens is 695 g/mol. The maximum absolute atomic E-state index is 13.1. The number of carboxylic acids is 1. The lowest BCUT2D eigenvalue weighted by Gasteiger charge is -2.33. The smallest absolute Gasteiger partial charge is 0.472 e. The monoisotopic (exact) mass is 721 g/mol. The number of amides is 4. The van der Waals surface area contributed by atoms with Gasteiger partial charge in [0.15, 0.2) is 0 Å². The Morgan fingerprint density at radius 2 is 1.75 bits per heavy atom. The number of hydrogen-bond acceptors (Lipinski definition) is 8. The van der Waals surface area contributed by atoms with Crippen molar-refractivity contribution >= 4 is 57.9 Å². The van der Waals surface area contributed by atoms with E-state index < -0.39 is 41.8 Å². The van der Waals surface area contributed by atoms with Crippen LogP contribution in [0.4, 0.5) is 19.0 Å². The Kier molecular flexibility index (Phi) is 10.8. The van der Waals surface area contributed by atoms with Gasteiger partial charge in [-0.2, -0.15) is 13.2 Å². The van der Waals surface area contributed by atoms with E-state index >= 15 is 0 Å². The van der Waals surface area contributed by atoms with Crippen molar-refractivity contribution in [2.24, 2.45) is 5.73 Å². The second kappa shape index (κ2) is 15.2. The van der Waals surface area contributed by atoms with E-state index in [-0.39, 0.29) is 45.1 Å². The first-order valence-corrected chi connectivity index (χ1v) is 15.6. The summed E-state index contributed by atoms with van der Waals surface area (Å²) >= 11 is 6.44. The van der Waals surface area contributed by atoms with Gasteiger partial charge in [0.25, 0.3) is 11.8 Å². The van der Waals surface area contributed by atoms with Crippen LogP contribution in [0.1, 0.15) is 51.1 Å². The molecule has 262 valence electrons. The molecule has 4 amide bonds. The topological polar surface area (TPSA) is 197 Å². The summed E-state index contributed by atoms with van der Waals surface area (Å²) in [6, 6.07) is 12.8. The Balaban J connectivity index is 1.40. The van der Waals surface area contributed by atoms with E-state index in [9.17, 15) is 42.3 Å². The molecule has 0 spiro atoms. The third-order valence-electron chi connectivity index (χ3n) is 7.73. The average molecular weight is 722 g/mol. The lowest BCUT2D eigenvalue weighted by atomic mass is 10.0. The molecule has 51 heavy (non-hydrogen) atoms. The molecule has 5 rings (SSSR count). The number of hydrazine groups is 1. The highest BCUT2D eigenvalue weighted by Crippen LogP contribution is 2.27. The molecule has 1 unspecified atom stereocenters. The minimum Gasteiger partial charge on any atom is -0.480 e. The molecule has 1 saturated heterocycles. The highest BCUT2D eigenvalue weighted by molar-refractivity contribution is 6.32. The first kappa shape index (κ1) is 36.2. The van der Waals surface area contributed by atoms with Crippen LogP contribution < -0.4 is 21.9 Å². The number of carbonyl (C=O) groups is 5. The van der Waals surface area contributed by atoms with Crippen molar-refractivity contribution in [3.8, 4) is 23.1 Å². The number of piperidine rings is 1. The van der Waals surface area contributed by atoms with Crippen molar-refractivity contribution in [2.45, 2.75) is 31.5 Å². The highest BCUT2D eigenvalue weighted by Gasteiger charge is 2.39. The fraction of sp³-hybridized carbons (Fsp3) is 0.206. The predicted molar refractivity (Wildman–Crippen MR) is 178 cm³/mol. The van der Waals surface area contributed by atoms with Crippen molar-refractivity contribution in [2.75, 3.05) is 18.4 Å². The summed E-state index contributed by atoms with van der Waals surface area (Å²) in [5, 5.41) is 12.3. The number of hydrogen-bond donors (Lipinski definition) is 5. The van der Waals surface area contributed by atoms with E-state index in [2.05, 4.69) is 27.1 Å². The fourth-order valence-electron chi connectivity index (χ4n) is 5.18. The molecular formula is C34H27ClF3N7O6. The van der Waals surface area contributed by atoms with Crippen molar-refractivity contribution in [3.63, 3.8) is 0 Å². The Bertz CT molecular complexity index is 2120. The molecule has 1 aliphatic rings. The average Bonchev–Trinajstić information content (AvgIpc) is 3.11. The first-order valence-electron chi connectivity index (χ1n) is 15.2. The number of nitrogens with two attached hydrogens (primary N) is 1. The quantitative estimate of drug-likeness (QED) is 0.146. The number of aromatic nitrogens is 2. The molecule has 13 nitrogen and oxygen atoms in total. The van der Waals surface area contributed by atoms with Crippen LogP contribution in [0, 0.1) is 11.8 Å². The van der Waals surface area contributed by atoms with E-state index in [1.165, 1.54) is 40.8 Å². The number of alkyl halides is 3. The van der Waals surface area contributed by atoms with Crippen LogP contribution in [-0.2, 0) is 14.4 Å². The van der Waals surface area contributed by atoms with Gasteiger partial charge in [0.1, 0.15) is 11.9 Å². The Morgan fingerprint density at radius 1 is 1.00 bits per heavy atom. The van der Waals surface area contributed by atoms with Gasteiger partial charge in [0, 0.05) is 46.4 Å². The van der Waals surface area contributed by atoms with Crippen LogP contribution in [-0.4, -0.2) is 74.9 Å². The van der Waals surface area contributed by atoms with Crippen LogP contribution >= 0.6 is 11.6 Å². The van der Waals surface area contributed by atoms with Gasteiger partial charge in [-0.05, 0) is 55.7 Å². The first-order chi connectivity index (χ1) is 24.2. The summed E-state index contributed by atoms with van der Waals surface area (Å²) in [6.45, 7) is -0.000465. The molecule has 1 fully saturated rings. The molecule has 6 N–H and O–H groups in total. The number of rotatable bonds is 6. The summed E-state index contributed by atoms with van der Waals surface area (Å²) in [6.07, 6.45) is -2.25. The van der Waals surface area contributed by atoms with Gasteiger partial charge in [0.05, 0.1) is 28.3 Å². The minimum atomic E-state index is -5.24. The Labute approximate surface area is 292 Å². The largest absolute Gasteiger partial charge is 0.480 e. The van der Waals surface area contributed by atoms with Gasteiger partial charge in [-0.1, -0.05) is 35.6 Å². The lowest BCUT2D eigenvalue weighted by Crippen LogP contribution is -2.47. The maximum Gasteiger partial charge on any atom is 0.472 e.